The molecule has 17 heavy (non-hydrogen) atoms. The van der Waals surface area contributed by atoms with Gasteiger partial charge in [0, 0.05) is 26.2 Å². The molecule has 2 rings (SSSR count). The summed E-state index contributed by atoms with van der Waals surface area (Å²) < 4.78 is 10.9. The van der Waals surface area contributed by atoms with Crippen molar-refractivity contribution in [1.82, 2.24) is 4.90 Å². The topological polar surface area (TPSA) is 21.7 Å². The van der Waals surface area contributed by atoms with Crippen LogP contribution in [0.15, 0.2) is 30.3 Å². The van der Waals surface area contributed by atoms with Crippen LogP contribution >= 0.6 is 0 Å². The Hall–Kier alpha value is -0.900. The van der Waals surface area contributed by atoms with E-state index < -0.39 is 0 Å². The summed E-state index contributed by atoms with van der Waals surface area (Å²) in [6, 6.07) is 10.6. The average Bonchev–Trinajstić information content (AvgIpc) is 2.32. The molecule has 0 unspecified atom stereocenters. The second kappa shape index (κ2) is 6.74. The predicted octanol–water partition coefficient (Wildman–Crippen LogP) is 2.27. The Bertz CT molecular complexity index is 309. The molecule has 3 heteroatoms. The molecule has 1 aliphatic heterocycles. The van der Waals surface area contributed by atoms with Gasteiger partial charge in [-0.2, -0.15) is 0 Å². The minimum absolute atomic E-state index is 0.357. The van der Waals surface area contributed by atoms with Crippen LogP contribution in [0.2, 0.25) is 0 Å². The molecular weight excluding hydrogens is 214 g/mol. The van der Waals surface area contributed by atoms with E-state index in [1.54, 1.807) is 0 Å². The van der Waals surface area contributed by atoms with Gasteiger partial charge in [-0.25, -0.2) is 0 Å². The third-order valence-electron chi connectivity index (χ3n) is 2.91. The molecule has 0 bridgehead atoms. The maximum absolute atomic E-state index is 5.58. The Morgan fingerprint density at radius 1 is 1.24 bits per heavy atom. The molecule has 1 heterocycles. The van der Waals surface area contributed by atoms with Crippen molar-refractivity contribution in [3.63, 3.8) is 0 Å². The van der Waals surface area contributed by atoms with Crippen molar-refractivity contribution in [2.45, 2.75) is 26.0 Å². The molecular formula is C14H21NO2. The van der Waals surface area contributed by atoms with E-state index in [4.69, 9.17) is 9.47 Å². The third kappa shape index (κ3) is 4.11. The van der Waals surface area contributed by atoms with E-state index in [-0.39, 0.29) is 0 Å². The number of nitrogens with zero attached hydrogens (tertiary/aromatic N) is 1. The summed E-state index contributed by atoms with van der Waals surface area (Å²) in [5.41, 5.74) is 1.37. The summed E-state index contributed by atoms with van der Waals surface area (Å²) >= 11 is 0. The molecule has 0 saturated carbocycles. The molecule has 3 nitrogen and oxygen atoms in total. The zero-order chi connectivity index (χ0) is 11.9. The first-order chi connectivity index (χ1) is 8.38. The highest BCUT2D eigenvalue weighted by Crippen LogP contribution is 2.15. The Morgan fingerprint density at radius 3 is 2.71 bits per heavy atom. The van der Waals surface area contributed by atoms with Crippen LogP contribution in [-0.2, 0) is 16.0 Å². The molecule has 0 radical (unpaired) electrons. The largest absolute Gasteiger partial charge is 0.355 e. The fourth-order valence-electron chi connectivity index (χ4n) is 1.95. The van der Waals surface area contributed by atoms with Gasteiger partial charge in [0.05, 0.1) is 6.10 Å². The summed E-state index contributed by atoms with van der Waals surface area (Å²) in [4.78, 5) is 2.39. The summed E-state index contributed by atoms with van der Waals surface area (Å²) in [6.45, 7) is 6.40. The SMILES string of the molecule is CCCOCOC1CN(Cc2ccccc2)C1. The van der Waals surface area contributed by atoms with Gasteiger partial charge >= 0.3 is 0 Å². The minimum atomic E-state index is 0.357. The second-order valence-electron chi connectivity index (χ2n) is 4.49. The number of benzene rings is 1. The summed E-state index contributed by atoms with van der Waals surface area (Å²) in [6.07, 6.45) is 1.41. The van der Waals surface area contributed by atoms with Crippen molar-refractivity contribution in [1.29, 1.82) is 0 Å². The Kier molecular flexibility index (Phi) is 4.98. The standard InChI is InChI=1S/C14H21NO2/c1-2-8-16-12-17-14-10-15(11-14)9-13-6-4-3-5-7-13/h3-7,14H,2,8-12H2,1H3. The number of rotatable bonds is 7. The highest BCUT2D eigenvalue weighted by molar-refractivity contribution is 5.14. The quantitative estimate of drug-likeness (QED) is 0.534. The maximum Gasteiger partial charge on any atom is 0.147 e. The minimum Gasteiger partial charge on any atom is -0.355 e. The molecule has 0 spiro atoms. The summed E-state index contributed by atoms with van der Waals surface area (Å²) in [5, 5.41) is 0. The van der Waals surface area contributed by atoms with E-state index in [1.807, 2.05) is 0 Å². The zero-order valence-electron chi connectivity index (χ0n) is 10.5. The Balaban J connectivity index is 1.57. The van der Waals surface area contributed by atoms with Crippen LogP contribution in [-0.4, -0.2) is 37.5 Å². The van der Waals surface area contributed by atoms with Crippen molar-refractivity contribution in [3.05, 3.63) is 35.9 Å². The van der Waals surface area contributed by atoms with Gasteiger partial charge in [0.15, 0.2) is 0 Å². The molecule has 0 aliphatic carbocycles. The number of hydrogen-bond acceptors (Lipinski definition) is 3. The van der Waals surface area contributed by atoms with Gasteiger partial charge in [0.25, 0.3) is 0 Å². The van der Waals surface area contributed by atoms with Crippen molar-refractivity contribution in [2.24, 2.45) is 0 Å². The van der Waals surface area contributed by atoms with Crippen LogP contribution in [0, 0.1) is 0 Å². The summed E-state index contributed by atoms with van der Waals surface area (Å²) in [5.74, 6) is 0. The van der Waals surface area contributed by atoms with Crippen molar-refractivity contribution in [2.75, 3.05) is 26.5 Å². The van der Waals surface area contributed by atoms with E-state index in [0.717, 1.165) is 32.7 Å². The lowest BCUT2D eigenvalue weighted by Crippen LogP contribution is -2.51. The average molecular weight is 235 g/mol. The lowest BCUT2D eigenvalue weighted by atomic mass is 10.1. The number of ether oxygens (including phenoxy) is 2. The van der Waals surface area contributed by atoms with E-state index >= 15 is 0 Å². The first-order valence-corrected chi connectivity index (χ1v) is 6.34. The van der Waals surface area contributed by atoms with E-state index in [0.29, 0.717) is 12.9 Å². The fourth-order valence-corrected chi connectivity index (χ4v) is 1.95. The first-order valence-electron chi connectivity index (χ1n) is 6.34. The molecule has 1 aromatic rings. The highest BCUT2D eigenvalue weighted by atomic mass is 16.7. The Morgan fingerprint density at radius 2 is 2.00 bits per heavy atom. The molecule has 0 aromatic heterocycles. The lowest BCUT2D eigenvalue weighted by molar-refractivity contribution is -0.136. The zero-order valence-corrected chi connectivity index (χ0v) is 10.5. The molecule has 1 aliphatic rings. The van der Waals surface area contributed by atoms with Crippen LogP contribution < -0.4 is 0 Å². The Labute approximate surface area is 103 Å². The third-order valence-corrected chi connectivity index (χ3v) is 2.91. The van der Waals surface area contributed by atoms with Gasteiger partial charge in [0.1, 0.15) is 6.79 Å². The van der Waals surface area contributed by atoms with Crippen molar-refractivity contribution >= 4 is 0 Å². The molecule has 0 amide bonds. The van der Waals surface area contributed by atoms with Gasteiger partial charge in [-0.1, -0.05) is 37.3 Å². The summed E-state index contributed by atoms with van der Waals surface area (Å²) in [7, 11) is 0. The van der Waals surface area contributed by atoms with Crippen molar-refractivity contribution < 1.29 is 9.47 Å². The van der Waals surface area contributed by atoms with Crippen LogP contribution in [0.5, 0.6) is 0 Å². The van der Waals surface area contributed by atoms with Crippen LogP contribution in [0.3, 0.4) is 0 Å². The fraction of sp³-hybridized carbons (Fsp3) is 0.571. The van der Waals surface area contributed by atoms with Crippen molar-refractivity contribution in [3.8, 4) is 0 Å². The van der Waals surface area contributed by atoms with Crippen LogP contribution in [0.25, 0.3) is 0 Å². The van der Waals surface area contributed by atoms with E-state index in [1.165, 1.54) is 5.56 Å². The first kappa shape index (κ1) is 12.6. The smallest absolute Gasteiger partial charge is 0.147 e. The van der Waals surface area contributed by atoms with Gasteiger partial charge in [-0.05, 0) is 12.0 Å². The highest BCUT2D eigenvalue weighted by Gasteiger charge is 2.26. The van der Waals surface area contributed by atoms with Crippen LogP contribution in [0.4, 0.5) is 0 Å². The molecule has 0 atom stereocenters. The molecule has 1 fully saturated rings. The van der Waals surface area contributed by atoms with Gasteiger partial charge < -0.3 is 9.47 Å². The normalized spacial score (nSPS) is 17.0. The maximum atomic E-state index is 5.58. The molecule has 0 N–H and O–H groups in total. The molecule has 1 saturated heterocycles. The second-order valence-corrected chi connectivity index (χ2v) is 4.49. The van der Waals surface area contributed by atoms with Crippen LogP contribution in [0.1, 0.15) is 18.9 Å². The monoisotopic (exact) mass is 235 g/mol. The lowest BCUT2D eigenvalue weighted by Gasteiger charge is -2.38. The van der Waals surface area contributed by atoms with Gasteiger partial charge in [-0.15, -0.1) is 0 Å². The molecule has 1 aromatic carbocycles. The number of likely N-dealkylation sites (tertiary alicyclic amines) is 1. The van der Waals surface area contributed by atoms with Gasteiger partial charge in [0.2, 0.25) is 0 Å². The van der Waals surface area contributed by atoms with Gasteiger partial charge in [-0.3, -0.25) is 4.90 Å². The predicted molar refractivity (Wildman–Crippen MR) is 67.7 cm³/mol. The molecule has 94 valence electrons. The van der Waals surface area contributed by atoms with E-state index in [9.17, 15) is 0 Å². The number of hydrogen-bond donors (Lipinski definition) is 0. The van der Waals surface area contributed by atoms with E-state index in [2.05, 4.69) is 42.2 Å².